The standard InChI is InChI=1S/C21H24F3N3O4/c1-30-16-5-2-14(3-6-16)19(28)13-25-20(29)26-17-12-15(21(22,23)24)4-7-18(17)27-8-10-31-11-9-27/h2-7,12,19,28H,8-11,13H2,1H3,(H2,25,26,29). The molecule has 1 aliphatic rings. The van der Waals surface area contributed by atoms with Gasteiger partial charge in [0.2, 0.25) is 0 Å². The van der Waals surface area contributed by atoms with Crippen molar-refractivity contribution in [3.05, 3.63) is 53.6 Å². The molecule has 1 unspecified atom stereocenters. The molecule has 1 fully saturated rings. The number of hydrogen-bond acceptors (Lipinski definition) is 5. The van der Waals surface area contributed by atoms with Crippen LogP contribution in [0.4, 0.5) is 29.3 Å². The van der Waals surface area contributed by atoms with Crippen molar-refractivity contribution in [2.45, 2.75) is 12.3 Å². The number of morpholine rings is 1. The van der Waals surface area contributed by atoms with Crippen LogP contribution in [0.15, 0.2) is 42.5 Å². The van der Waals surface area contributed by atoms with Crippen LogP contribution < -0.4 is 20.3 Å². The summed E-state index contributed by atoms with van der Waals surface area (Å²) in [6.45, 7) is 1.77. The van der Waals surface area contributed by atoms with Crippen LogP contribution in [0.1, 0.15) is 17.2 Å². The molecule has 2 aromatic rings. The number of hydrogen-bond donors (Lipinski definition) is 3. The first kappa shape index (κ1) is 22.7. The Morgan fingerprint density at radius 2 is 1.87 bits per heavy atom. The highest BCUT2D eigenvalue weighted by Crippen LogP contribution is 2.35. The second-order valence-corrected chi connectivity index (χ2v) is 6.95. The third-order valence-corrected chi connectivity index (χ3v) is 4.88. The fourth-order valence-corrected chi connectivity index (χ4v) is 3.19. The predicted molar refractivity (Wildman–Crippen MR) is 109 cm³/mol. The number of aliphatic hydroxyl groups is 1. The average molecular weight is 439 g/mol. The number of benzene rings is 2. The zero-order chi connectivity index (χ0) is 22.4. The van der Waals surface area contributed by atoms with Crippen molar-refractivity contribution in [2.75, 3.05) is 50.2 Å². The molecule has 0 spiro atoms. The maximum atomic E-state index is 13.2. The highest BCUT2D eigenvalue weighted by molar-refractivity contribution is 5.93. The largest absolute Gasteiger partial charge is 0.497 e. The van der Waals surface area contributed by atoms with E-state index in [0.29, 0.717) is 43.3 Å². The van der Waals surface area contributed by atoms with E-state index >= 15 is 0 Å². The van der Waals surface area contributed by atoms with Gasteiger partial charge in [0, 0.05) is 19.6 Å². The number of amides is 2. The lowest BCUT2D eigenvalue weighted by Gasteiger charge is -2.31. The summed E-state index contributed by atoms with van der Waals surface area (Å²) in [5, 5.41) is 15.2. The minimum Gasteiger partial charge on any atom is -0.497 e. The maximum Gasteiger partial charge on any atom is 0.416 e. The molecular weight excluding hydrogens is 415 g/mol. The van der Waals surface area contributed by atoms with Crippen LogP contribution >= 0.6 is 0 Å². The molecule has 0 aromatic heterocycles. The third-order valence-electron chi connectivity index (χ3n) is 4.88. The lowest BCUT2D eigenvalue weighted by molar-refractivity contribution is -0.137. The van der Waals surface area contributed by atoms with E-state index in [-0.39, 0.29) is 12.2 Å². The number of ether oxygens (including phenoxy) is 2. The smallest absolute Gasteiger partial charge is 0.416 e. The minimum absolute atomic E-state index is 0.0353. The van der Waals surface area contributed by atoms with Crippen LogP contribution in [0, 0.1) is 0 Å². The molecule has 0 saturated carbocycles. The van der Waals surface area contributed by atoms with E-state index < -0.39 is 23.9 Å². The lowest BCUT2D eigenvalue weighted by atomic mass is 10.1. The Hall–Kier alpha value is -2.98. The topological polar surface area (TPSA) is 83.1 Å². The number of rotatable bonds is 6. The quantitative estimate of drug-likeness (QED) is 0.643. The monoisotopic (exact) mass is 439 g/mol. The van der Waals surface area contributed by atoms with Gasteiger partial charge in [0.1, 0.15) is 5.75 Å². The van der Waals surface area contributed by atoms with Gasteiger partial charge in [0.05, 0.1) is 43.4 Å². The molecule has 1 aliphatic heterocycles. The zero-order valence-corrected chi connectivity index (χ0v) is 16.9. The lowest BCUT2D eigenvalue weighted by Crippen LogP contribution is -2.38. The number of carbonyl (C=O) groups is 1. The zero-order valence-electron chi connectivity index (χ0n) is 16.9. The van der Waals surface area contributed by atoms with Gasteiger partial charge in [-0.2, -0.15) is 13.2 Å². The van der Waals surface area contributed by atoms with E-state index in [4.69, 9.17) is 9.47 Å². The van der Waals surface area contributed by atoms with Gasteiger partial charge in [-0.25, -0.2) is 4.79 Å². The number of urea groups is 1. The third kappa shape index (κ3) is 6.02. The highest BCUT2D eigenvalue weighted by atomic mass is 19.4. The number of carbonyl (C=O) groups excluding carboxylic acids is 1. The summed E-state index contributed by atoms with van der Waals surface area (Å²) in [5.74, 6) is 0.627. The number of nitrogens with one attached hydrogen (secondary N) is 2. The molecule has 31 heavy (non-hydrogen) atoms. The van der Waals surface area contributed by atoms with Crippen molar-refractivity contribution in [3.63, 3.8) is 0 Å². The Morgan fingerprint density at radius 1 is 1.19 bits per heavy atom. The van der Waals surface area contributed by atoms with Gasteiger partial charge >= 0.3 is 12.2 Å². The van der Waals surface area contributed by atoms with Gasteiger partial charge in [-0.15, -0.1) is 0 Å². The van der Waals surface area contributed by atoms with E-state index in [9.17, 15) is 23.1 Å². The van der Waals surface area contributed by atoms with Gasteiger partial charge in [-0.1, -0.05) is 12.1 Å². The van der Waals surface area contributed by atoms with Gasteiger partial charge in [0.15, 0.2) is 0 Å². The summed E-state index contributed by atoms with van der Waals surface area (Å²) in [4.78, 5) is 14.2. The SMILES string of the molecule is COc1ccc(C(O)CNC(=O)Nc2cc(C(F)(F)F)ccc2N2CCOCC2)cc1. The molecule has 1 heterocycles. The van der Waals surface area contributed by atoms with Crippen molar-refractivity contribution in [1.29, 1.82) is 0 Å². The summed E-state index contributed by atoms with van der Waals surface area (Å²) in [7, 11) is 1.52. The van der Waals surface area contributed by atoms with Crippen LogP contribution in [-0.2, 0) is 10.9 Å². The predicted octanol–water partition coefficient (Wildman–Crippen LogP) is 3.41. The van der Waals surface area contributed by atoms with E-state index in [2.05, 4.69) is 10.6 Å². The minimum atomic E-state index is -4.54. The van der Waals surface area contributed by atoms with E-state index in [1.165, 1.54) is 13.2 Å². The van der Waals surface area contributed by atoms with Gasteiger partial charge in [0.25, 0.3) is 0 Å². The molecule has 1 saturated heterocycles. The molecule has 1 atom stereocenters. The Morgan fingerprint density at radius 3 is 2.48 bits per heavy atom. The van der Waals surface area contributed by atoms with Crippen LogP contribution in [0.25, 0.3) is 0 Å². The summed E-state index contributed by atoms with van der Waals surface area (Å²) < 4.78 is 49.9. The second kappa shape index (κ2) is 9.88. The molecule has 7 nitrogen and oxygen atoms in total. The molecular formula is C21H24F3N3O4. The number of aliphatic hydroxyl groups excluding tert-OH is 1. The van der Waals surface area contributed by atoms with Crippen molar-refractivity contribution < 1.29 is 32.5 Å². The van der Waals surface area contributed by atoms with E-state index in [1.54, 1.807) is 24.3 Å². The Labute approximate surface area is 177 Å². The second-order valence-electron chi connectivity index (χ2n) is 6.95. The number of halogens is 3. The Balaban J connectivity index is 1.69. The van der Waals surface area contributed by atoms with Crippen molar-refractivity contribution in [2.24, 2.45) is 0 Å². The molecule has 0 aliphatic carbocycles. The molecule has 10 heteroatoms. The van der Waals surface area contributed by atoms with Gasteiger partial charge in [-0.3, -0.25) is 0 Å². The van der Waals surface area contributed by atoms with Gasteiger partial charge in [-0.05, 0) is 35.9 Å². The van der Waals surface area contributed by atoms with Crippen LogP contribution in [0.2, 0.25) is 0 Å². The van der Waals surface area contributed by atoms with Crippen LogP contribution in [0.3, 0.4) is 0 Å². The average Bonchev–Trinajstić information content (AvgIpc) is 2.77. The first-order chi connectivity index (χ1) is 14.8. The summed E-state index contributed by atoms with van der Waals surface area (Å²) >= 11 is 0. The first-order valence-electron chi connectivity index (χ1n) is 9.68. The normalized spacial score (nSPS) is 15.3. The fourth-order valence-electron chi connectivity index (χ4n) is 3.19. The van der Waals surface area contributed by atoms with E-state index in [1.807, 2.05) is 4.90 Å². The number of methoxy groups -OCH3 is 1. The molecule has 0 bridgehead atoms. The first-order valence-corrected chi connectivity index (χ1v) is 9.68. The fraction of sp³-hybridized carbons (Fsp3) is 0.381. The van der Waals surface area contributed by atoms with E-state index in [0.717, 1.165) is 12.1 Å². The van der Waals surface area contributed by atoms with Crippen molar-refractivity contribution >= 4 is 17.4 Å². The molecule has 2 amide bonds. The molecule has 2 aromatic carbocycles. The van der Waals surface area contributed by atoms with Gasteiger partial charge < -0.3 is 30.1 Å². The van der Waals surface area contributed by atoms with Crippen molar-refractivity contribution in [3.8, 4) is 5.75 Å². The van der Waals surface area contributed by atoms with Crippen LogP contribution in [-0.4, -0.2) is 51.1 Å². The summed E-state index contributed by atoms with van der Waals surface area (Å²) in [6.07, 6.45) is -5.53. The Bertz CT molecular complexity index is 884. The number of alkyl halides is 3. The molecule has 3 rings (SSSR count). The molecule has 0 radical (unpaired) electrons. The molecule has 168 valence electrons. The summed E-state index contributed by atoms with van der Waals surface area (Å²) in [6, 6.07) is 9.19. The van der Waals surface area contributed by atoms with Crippen molar-refractivity contribution in [1.82, 2.24) is 5.32 Å². The van der Waals surface area contributed by atoms with Crippen LogP contribution in [0.5, 0.6) is 5.75 Å². The molecule has 3 N–H and O–H groups in total. The Kier molecular flexibility index (Phi) is 7.24. The summed E-state index contributed by atoms with van der Waals surface area (Å²) in [5.41, 5.74) is 0.211. The number of anilines is 2. The highest BCUT2D eigenvalue weighted by Gasteiger charge is 2.32. The maximum absolute atomic E-state index is 13.2. The number of nitrogens with zero attached hydrogens (tertiary/aromatic N) is 1.